The summed E-state index contributed by atoms with van der Waals surface area (Å²) in [5.41, 5.74) is 4.41. The molecule has 9 heavy (non-hydrogen) atoms. The van der Waals surface area contributed by atoms with Crippen molar-refractivity contribution in [3.63, 3.8) is 0 Å². The van der Waals surface area contributed by atoms with Crippen LogP contribution in [0.5, 0.6) is 0 Å². The summed E-state index contributed by atoms with van der Waals surface area (Å²) in [7, 11) is 0. The van der Waals surface area contributed by atoms with Crippen LogP contribution < -0.4 is 5.53 Å². The van der Waals surface area contributed by atoms with Gasteiger partial charge < -0.3 is 5.41 Å². The number of hydrogen-bond donors (Lipinski definition) is 2. The molecule has 0 spiro atoms. The Bertz CT molecular complexity index is 136. The van der Waals surface area contributed by atoms with Crippen LogP contribution >= 0.6 is 0 Å². The molecule has 0 saturated carbocycles. The topological polar surface area (TPSA) is 74.2 Å². The molecule has 50 valence electrons. The first-order chi connectivity index (χ1) is 4.12. The van der Waals surface area contributed by atoms with E-state index >= 15 is 0 Å². The number of hydrogen-bond acceptors (Lipinski definition) is 2. The maximum Gasteiger partial charge on any atom is 0.156 e. The van der Waals surface area contributed by atoms with E-state index in [2.05, 4.69) is 10.3 Å². The van der Waals surface area contributed by atoms with Crippen LogP contribution in [0, 0.1) is 10.8 Å². The molecule has 0 aromatic heterocycles. The molecule has 3 N–H and O–H groups in total. The molecule has 0 bridgehead atoms. The third kappa shape index (κ3) is 3.52. The number of nitrogens with two attached hydrogens (primary N) is 1. The summed E-state index contributed by atoms with van der Waals surface area (Å²) in [6, 6.07) is 0. The fourth-order valence-corrected chi connectivity index (χ4v) is 0.219. The second kappa shape index (κ2) is 3.06. The van der Waals surface area contributed by atoms with E-state index < -0.39 is 0 Å². The van der Waals surface area contributed by atoms with Gasteiger partial charge in [0.1, 0.15) is 5.22 Å². The average Bonchev–Trinajstić information content (AvgIpc) is 1.84. The Hall–Kier alpha value is -1.06. The zero-order valence-electron chi connectivity index (χ0n) is 5.63. The standard InChI is InChI=1S/C5H10N4/c1-5(2,3-6)4-8-9-7/h3-4,6-7H,1-2H3/p+1/b6-3?,8-4-,9-7?. The first-order valence-corrected chi connectivity index (χ1v) is 2.58. The van der Waals surface area contributed by atoms with E-state index in [4.69, 9.17) is 10.9 Å². The number of nitrogens with zero attached hydrogens (tertiary/aromatic N) is 2. The highest BCUT2D eigenvalue weighted by Gasteiger charge is 2.12. The lowest BCUT2D eigenvalue weighted by Crippen LogP contribution is -2.22. The highest BCUT2D eigenvalue weighted by Crippen LogP contribution is 2.05. The molecule has 0 aliphatic rings. The van der Waals surface area contributed by atoms with Crippen LogP contribution in [0.25, 0.3) is 0 Å². The Morgan fingerprint density at radius 2 is 2.11 bits per heavy atom. The predicted octanol–water partition coefficient (Wildman–Crippen LogP) is -0.141. The molecule has 0 rings (SSSR count). The van der Waals surface area contributed by atoms with Gasteiger partial charge in [-0.3, -0.25) is 0 Å². The molecule has 4 heteroatoms. The SMILES string of the molecule is CC(C)(C=N)/C=N\N=[NH2+]. The summed E-state index contributed by atoms with van der Waals surface area (Å²) in [6.45, 7) is 3.68. The van der Waals surface area contributed by atoms with Gasteiger partial charge in [0.2, 0.25) is 0 Å². The van der Waals surface area contributed by atoms with Gasteiger partial charge in [-0.25, -0.2) is 0 Å². The lowest BCUT2D eigenvalue weighted by molar-refractivity contribution is -0.221. The summed E-state index contributed by atoms with van der Waals surface area (Å²) < 4.78 is 0. The Morgan fingerprint density at radius 3 is 2.44 bits per heavy atom. The lowest BCUT2D eigenvalue weighted by Gasteiger charge is -2.04. The van der Waals surface area contributed by atoms with Gasteiger partial charge in [-0.2, -0.15) is 5.53 Å². The van der Waals surface area contributed by atoms with E-state index in [1.54, 1.807) is 0 Å². The summed E-state index contributed by atoms with van der Waals surface area (Å²) in [6.07, 6.45) is 2.79. The summed E-state index contributed by atoms with van der Waals surface area (Å²) in [5, 5.41) is 13.4. The summed E-state index contributed by atoms with van der Waals surface area (Å²) >= 11 is 0. The maximum absolute atomic E-state index is 6.89. The van der Waals surface area contributed by atoms with Crippen molar-refractivity contribution < 1.29 is 5.53 Å². The summed E-state index contributed by atoms with van der Waals surface area (Å²) in [5.74, 6) is 0. The minimum absolute atomic E-state index is 0.330. The quantitative estimate of drug-likeness (QED) is 0.301. The van der Waals surface area contributed by atoms with Gasteiger partial charge >= 0.3 is 0 Å². The highest BCUT2D eigenvalue weighted by molar-refractivity contribution is 5.86. The smallest absolute Gasteiger partial charge is 0.156 e. The van der Waals surface area contributed by atoms with Crippen LogP contribution in [-0.4, -0.2) is 12.4 Å². The zero-order chi connectivity index (χ0) is 7.33. The second-order valence-electron chi connectivity index (χ2n) is 2.33. The fourth-order valence-electron chi connectivity index (χ4n) is 0.219. The average molecular weight is 127 g/mol. The molecule has 0 atom stereocenters. The third-order valence-corrected chi connectivity index (χ3v) is 0.829. The molecule has 0 fully saturated rings. The maximum atomic E-state index is 6.89. The first-order valence-electron chi connectivity index (χ1n) is 2.58. The van der Waals surface area contributed by atoms with E-state index in [0.717, 1.165) is 0 Å². The Labute approximate surface area is 54.0 Å². The predicted molar refractivity (Wildman–Crippen MR) is 35.4 cm³/mol. The van der Waals surface area contributed by atoms with Crippen LogP contribution in [-0.2, 0) is 0 Å². The van der Waals surface area contributed by atoms with Crippen molar-refractivity contribution in [3.05, 3.63) is 0 Å². The van der Waals surface area contributed by atoms with Crippen molar-refractivity contribution in [2.24, 2.45) is 15.7 Å². The van der Waals surface area contributed by atoms with Crippen molar-refractivity contribution in [2.75, 3.05) is 0 Å². The molecule has 0 aliphatic carbocycles. The van der Waals surface area contributed by atoms with Crippen molar-refractivity contribution in [2.45, 2.75) is 13.8 Å². The van der Waals surface area contributed by atoms with E-state index in [-0.39, 0.29) is 5.41 Å². The molecule has 0 amide bonds. The largest absolute Gasteiger partial charge is 0.312 e. The van der Waals surface area contributed by atoms with Crippen LogP contribution in [0.15, 0.2) is 10.3 Å². The molecule has 4 nitrogen and oxygen atoms in total. The van der Waals surface area contributed by atoms with Crippen LogP contribution in [0.2, 0.25) is 0 Å². The van der Waals surface area contributed by atoms with Gasteiger partial charge in [0.25, 0.3) is 0 Å². The van der Waals surface area contributed by atoms with E-state index in [9.17, 15) is 0 Å². The number of nitrogens with one attached hydrogen (secondary N) is 1. The molecular formula is C5H11N4+. The van der Waals surface area contributed by atoms with Gasteiger partial charge in [0.15, 0.2) is 6.21 Å². The van der Waals surface area contributed by atoms with E-state index in [1.807, 2.05) is 13.8 Å². The Kier molecular flexibility index (Phi) is 2.70. The van der Waals surface area contributed by atoms with Crippen molar-refractivity contribution in [3.8, 4) is 0 Å². The van der Waals surface area contributed by atoms with E-state index in [1.165, 1.54) is 12.4 Å². The van der Waals surface area contributed by atoms with Gasteiger partial charge in [0, 0.05) is 6.21 Å². The monoisotopic (exact) mass is 127 g/mol. The molecular weight excluding hydrogens is 116 g/mol. The molecule has 0 aromatic carbocycles. The minimum Gasteiger partial charge on any atom is -0.312 e. The summed E-state index contributed by atoms with van der Waals surface area (Å²) in [4.78, 5) is 0. The second-order valence-corrected chi connectivity index (χ2v) is 2.33. The molecule has 0 unspecified atom stereocenters. The molecule has 0 heterocycles. The Balaban J connectivity index is 3.99. The van der Waals surface area contributed by atoms with Crippen molar-refractivity contribution in [1.82, 2.24) is 0 Å². The Morgan fingerprint density at radius 1 is 1.56 bits per heavy atom. The normalized spacial score (nSPS) is 11.8. The van der Waals surface area contributed by atoms with Gasteiger partial charge in [-0.1, -0.05) is 0 Å². The number of rotatable bonds is 3. The van der Waals surface area contributed by atoms with Crippen molar-refractivity contribution in [1.29, 1.82) is 5.41 Å². The van der Waals surface area contributed by atoms with Gasteiger partial charge in [0.05, 0.1) is 10.5 Å². The molecule has 0 aromatic rings. The van der Waals surface area contributed by atoms with Crippen LogP contribution in [0.4, 0.5) is 0 Å². The minimum atomic E-state index is -0.330. The van der Waals surface area contributed by atoms with Crippen LogP contribution in [0.3, 0.4) is 0 Å². The van der Waals surface area contributed by atoms with Gasteiger partial charge in [-0.15, -0.1) is 0 Å². The molecule has 0 aliphatic heterocycles. The van der Waals surface area contributed by atoms with Gasteiger partial charge in [-0.05, 0) is 13.8 Å². The van der Waals surface area contributed by atoms with E-state index in [0.29, 0.717) is 0 Å². The molecule has 0 saturated heterocycles. The van der Waals surface area contributed by atoms with Crippen LogP contribution in [0.1, 0.15) is 13.8 Å². The lowest BCUT2D eigenvalue weighted by atomic mass is 9.98. The fraction of sp³-hybridized carbons (Fsp3) is 0.600. The molecule has 0 radical (unpaired) electrons. The highest BCUT2D eigenvalue weighted by atomic mass is 15.3. The van der Waals surface area contributed by atoms with Crippen molar-refractivity contribution >= 4 is 12.4 Å². The zero-order valence-corrected chi connectivity index (χ0v) is 5.63. The first kappa shape index (κ1) is 7.94. The third-order valence-electron chi connectivity index (χ3n) is 0.829.